The second kappa shape index (κ2) is 26.1. The minimum absolute atomic E-state index is 0.0309. The Kier molecular flexibility index (Phi) is 23.4. The number of guanidine groups is 2. The van der Waals surface area contributed by atoms with Crippen molar-refractivity contribution in [3.05, 3.63) is 0 Å². The first-order chi connectivity index (χ1) is 25.3. The summed E-state index contributed by atoms with van der Waals surface area (Å²) in [5.41, 5.74) is 21.5. The van der Waals surface area contributed by atoms with Crippen molar-refractivity contribution in [3.8, 4) is 0 Å². The summed E-state index contributed by atoms with van der Waals surface area (Å²) in [6.07, 6.45) is 0.751. The van der Waals surface area contributed by atoms with Gasteiger partial charge in [-0.1, -0.05) is 13.8 Å². The number of aliphatic carboxylic acids is 1. The lowest BCUT2D eigenvalue weighted by Gasteiger charge is -2.28. The van der Waals surface area contributed by atoms with Crippen molar-refractivity contribution in [2.45, 2.75) is 96.3 Å². The average Bonchev–Trinajstić information content (AvgIpc) is 3.12. The molecule has 0 fully saturated rings. The van der Waals surface area contributed by atoms with E-state index in [1.807, 2.05) is 13.8 Å². The first-order valence-electron chi connectivity index (χ1n) is 17.6. The van der Waals surface area contributed by atoms with Gasteiger partial charge in [0.1, 0.15) is 18.1 Å². The molecular formula is C32H59N13O9. The summed E-state index contributed by atoms with van der Waals surface area (Å²) in [6.45, 7) is 4.08. The van der Waals surface area contributed by atoms with E-state index in [1.165, 1.54) is 11.9 Å². The third kappa shape index (κ3) is 20.4. The number of carboxylic acid groups (broad SMARTS) is 1. The lowest BCUT2D eigenvalue weighted by Crippen LogP contribution is -2.54. The summed E-state index contributed by atoms with van der Waals surface area (Å²) in [4.78, 5) is 111. The standard InChI is InChI=1S/C32H59N13O9/c1-6-19(3)44(4)25(48)17-40-28(52)20(10-8-14-37-31(33)34)43-24(47)16-39-30(54)22(11-9-15-38-32(35)36)45(5)26(49)18-41-29(53)21(12-13-27(50)51)42-23(46)7-2/h19-22H,6-18H2,1-5H3,(H,39,54)(H,40,52)(H,41,53)(H,42,46)(H,43,47)(H,50,51)(H4,33,34,37)(H4,35,36,38). The van der Waals surface area contributed by atoms with Crippen LogP contribution in [0.15, 0.2) is 9.98 Å². The molecule has 0 saturated heterocycles. The van der Waals surface area contributed by atoms with Crippen molar-refractivity contribution < 1.29 is 43.5 Å². The number of nitrogens with two attached hydrogens (primary N) is 4. The summed E-state index contributed by atoms with van der Waals surface area (Å²) in [7, 11) is 2.92. The van der Waals surface area contributed by atoms with Crippen molar-refractivity contribution in [3.63, 3.8) is 0 Å². The number of likely N-dealkylation sites (N-methyl/N-ethyl adjacent to an activating group) is 2. The predicted molar refractivity (Wildman–Crippen MR) is 199 cm³/mol. The number of carbonyl (C=O) groups excluding carboxylic acids is 7. The Hall–Kier alpha value is -5.70. The van der Waals surface area contributed by atoms with Gasteiger partial charge >= 0.3 is 5.97 Å². The van der Waals surface area contributed by atoms with Gasteiger partial charge in [0.15, 0.2) is 11.9 Å². The maximum Gasteiger partial charge on any atom is 0.303 e. The molecule has 0 saturated carbocycles. The van der Waals surface area contributed by atoms with E-state index >= 15 is 0 Å². The second-order valence-corrected chi connectivity index (χ2v) is 12.4. The number of amides is 7. The van der Waals surface area contributed by atoms with E-state index in [0.29, 0.717) is 6.42 Å². The highest BCUT2D eigenvalue weighted by Crippen LogP contribution is 2.08. The molecule has 4 atom stereocenters. The van der Waals surface area contributed by atoms with Crippen molar-refractivity contribution in [1.82, 2.24) is 36.4 Å². The lowest BCUT2D eigenvalue weighted by atomic mass is 10.1. The number of carbonyl (C=O) groups is 8. The fourth-order valence-corrected chi connectivity index (χ4v) is 4.64. The summed E-state index contributed by atoms with van der Waals surface area (Å²) in [6, 6.07) is -3.56. The molecule has 0 aliphatic rings. The molecule has 0 aromatic carbocycles. The van der Waals surface area contributed by atoms with Crippen LogP contribution in [0.25, 0.3) is 0 Å². The van der Waals surface area contributed by atoms with Gasteiger partial charge in [-0.15, -0.1) is 0 Å². The van der Waals surface area contributed by atoms with E-state index in [-0.39, 0.29) is 82.0 Å². The number of nitrogens with one attached hydrogen (secondary N) is 5. The Balaban J connectivity index is 5.73. The third-order valence-electron chi connectivity index (χ3n) is 8.21. The van der Waals surface area contributed by atoms with Gasteiger partial charge in [0.05, 0.1) is 19.6 Å². The molecule has 0 bridgehead atoms. The van der Waals surface area contributed by atoms with Crippen LogP contribution in [0.4, 0.5) is 0 Å². The molecule has 0 aliphatic carbocycles. The fraction of sp³-hybridized carbons (Fsp3) is 0.688. The zero-order valence-corrected chi connectivity index (χ0v) is 31.8. The molecule has 54 heavy (non-hydrogen) atoms. The molecule has 306 valence electrons. The maximum absolute atomic E-state index is 13.4. The van der Waals surface area contributed by atoms with Crippen LogP contribution in [0.2, 0.25) is 0 Å². The Morgan fingerprint density at radius 2 is 1.11 bits per heavy atom. The van der Waals surface area contributed by atoms with Gasteiger partial charge in [-0.05, 0) is 45.4 Å². The van der Waals surface area contributed by atoms with Gasteiger partial charge < -0.3 is 64.4 Å². The van der Waals surface area contributed by atoms with Crippen molar-refractivity contribution >= 4 is 59.2 Å². The smallest absolute Gasteiger partial charge is 0.303 e. The average molecular weight is 770 g/mol. The lowest BCUT2D eigenvalue weighted by molar-refractivity contribution is -0.140. The van der Waals surface area contributed by atoms with E-state index in [2.05, 4.69) is 36.6 Å². The number of hydrogen-bond acceptors (Lipinski definition) is 10. The molecule has 0 aliphatic heterocycles. The summed E-state index contributed by atoms with van der Waals surface area (Å²) in [5, 5.41) is 21.3. The summed E-state index contributed by atoms with van der Waals surface area (Å²) >= 11 is 0. The molecular weight excluding hydrogens is 710 g/mol. The number of rotatable bonds is 26. The minimum Gasteiger partial charge on any atom is -0.481 e. The van der Waals surface area contributed by atoms with Crippen LogP contribution in [-0.2, 0) is 38.4 Å². The topological polar surface area (TPSA) is 352 Å². The SMILES string of the molecule is CCC(=O)NC(CCC(=O)O)C(=O)NCC(=O)N(C)C(CCCN=C(N)N)C(=O)NCC(=O)NC(CCCN=C(N)N)C(=O)NCC(=O)N(C)C(C)CC. The zero-order chi connectivity index (χ0) is 41.4. The molecule has 22 nitrogen and oxygen atoms in total. The van der Waals surface area contributed by atoms with Crippen LogP contribution in [0.5, 0.6) is 0 Å². The molecule has 4 unspecified atom stereocenters. The van der Waals surface area contributed by atoms with Gasteiger partial charge in [0.2, 0.25) is 41.4 Å². The number of carboxylic acids is 1. The van der Waals surface area contributed by atoms with Gasteiger partial charge in [0.25, 0.3) is 0 Å². The van der Waals surface area contributed by atoms with Crippen LogP contribution in [-0.4, -0.2) is 145 Å². The van der Waals surface area contributed by atoms with Crippen LogP contribution >= 0.6 is 0 Å². The minimum atomic E-state index is -1.21. The Labute approximate surface area is 315 Å². The first-order valence-corrected chi connectivity index (χ1v) is 17.6. The van der Waals surface area contributed by atoms with Crippen LogP contribution in [0, 0.1) is 0 Å². The molecule has 0 rings (SSSR count). The largest absolute Gasteiger partial charge is 0.481 e. The molecule has 0 radical (unpaired) electrons. The monoisotopic (exact) mass is 769 g/mol. The van der Waals surface area contributed by atoms with Gasteiger partial charge in [-0.3, -0.25) is 48.3 Å². The van der Waals surface area contributed by atoms with Crippen LogP contribution in [0.3, 0.4) is 0 Å². The Bertz CT molecular complexity index is 1350. The first kappa shape index (κ1) is 48.3. The summed E-state index contributed by atoms with van der Waals surface area (Å²) < 4.78 is 0. The Morgan fingerprint density at radius 1 is 0.648 bits per heavy atom. The highest BCUT2D eigenvalue weighted by molar-refractivity contribution is 5.95. The molecule has 0 heterocycles. The number of aliphatic imine (C=N–C) groups is 2. The highest BCUT2D eigenvalue weighted by Gasteiger charge is 2.29. The quantitative estimate of drug-likeness (QED) is 0.0227. The highest BCUT2D eigenvalue weighted by atomic mass is 16.4. The fourth-order valence-electron chi connectivity index (χ4n) is 4.64. The van der Waals surface area contributed by atoms with Gasteiger partial charge in [-0.2, -0.15) is 0 Å². The number of nitrogens with zero attached hydrogens (tertiary/aromatic N) is 4. The Morgan fingerprint density at radius 3 is 1.59 bits per heavy atom. The third-order valence-corrected chi connectivity index (χ3v) is 8.21. The van der Waals surface area contributed by atoms with E-state index in [0.717, 1.165) is 4.90 Å². The zero-order valence-electron chi connectivity index (χ0n) is 31.8. The molecule has 7 amide bonds. The van der Waals surface area contributed by atoms with Crippen molar-refractivity contribution in [1.29, 1.82) is 0 Å². The number of hydrogen-bond donors (Lipinski definition) is 10. The molecule has 0 aromatic heterocycles. The van der Waals surface area contributed by atoms with Crippen LogP contribution in [0.1, 0.15) is 72.1 Å². The molecule has 22 heteroatoms. The van der Waals surface area contributed by atoms with Gasteiger partial charge in [0, 0.05) is 46.1 Å². The van der Waals surface area contributed by atoms with E-state index in [4.69, 9.17) is 28.0 Å². The van der Waals surface area contributed by atoms with Crippen LogP contribution < -0.4 is 49.5 Å². The predicted octanol–water partition coefficient (Wildman–Crippen LogP) is -4.23. The molecule has 0 aromatic rings. The van der Waals surface area contributed by atoms with Crippen molar-refractivity contribution in [2.75, 3.05) is 46.8 Å². The van der Waals surface area contributed by atoms with Crippen molar-refractivity contribution in [2.24, 2.45) is 32.9 Å². The van der Waals surface area contributed by atoms with E-state index in [1.54, 1.807) is 14.0 Å². The van der Waals surface area contributed by atoms with Gasteiger partial charge in [-0.25, -0.2) is 0 Å². The van der Waals surface area contributed by atoms with E-state index in [9.17, 15) is 38.4 Å². The molecule has 14 N–H and O–H groups in total. The normalized spacial score (nSPS) is 12.7. The second-order valence-electron chi connectivity index (χ2n) is 12.4. The van der Waals surface area contributed by atoms with E-state index < -0.39 is 79.0 Å². The molecule has 0 spiro atoms. The maximum atomic E-state index is 13.4. The summed E-state index contributed by atoms with van der Waals surface area (Å²) in [5.74, 6) is -6.02.